The fourth-order valence-electron chi connectivity index (χ4n) is 1.94. The number of esters is 1. The SMILES string of the molecule is COC(=O)c1cccc(F)c1N1CC(Br)CC1=O. The molecule has 1 atom stereocenters. The van der Waals surface area contributed by atoms with Crippen molar-refractivity contribution in [3.63, 3.8) is 0 Å². The monoisotopic (exact) mass is 315 g/mol. The van der Waals surface area contributed by atoms with Crippen LogP contribution in [0.5, 0.6) is 0 Å². The van der Waals surface area contributed by atoms with E-state index in [9.17, 15) is 14.0 Å². The zero-order valence-corrected chi connectivity index (χ0v) is 11.2. The minimum absolute atomic E-state index is 0.00343. The van der Waals surface area contributed by atoms with Crippen LogP contribution in [0.4, 0.5) is 10.1 Å². The highest BCUT2D eigenvalue weighted by molar-refractivity contribution is 9.09. The molecule has 0 spiro atoms. The fourth-order valence-corrected chi connectivity index (χ4v) is 2.51. The molecule has 1 aromatic carbocycles. The molecule has 1 aliphatic heterocycles. The van der Waals surface area contributed by atoms with Crippen molar-refractivity contribution < 1.29 is 18.7 Å². The quantitative estimate of drug-likeness (QED) is 0.620. The topological polar surface area (TPSA) is 46.6 Å². The summed E-state index contributed by atoms with van der Waals surface area (Å²) in [5.41, 5.74) is 0.0590. The molecule has 4 nitrogen and oxygen atoms in total. The first kappa shape index (κ1) is 13.0. The van der Waals surface area contributed by atoms with E-state index in [1.54, 1.807) is 0 Å². The number of halogens is 2. The predicted molar refractivity (Wildman–Crippen MR) is 67.4 cm³/mol. The van der Waals surface area contributed by atoms with Gasteiger partial charge in [0.25, 0.3) is 0 Å². The molecule has 18 heavy (non-hydrogen) atoms. The maximum atomic E-state index is 13.9. The van der Waals surface area contributed by atoms with Gasteiger partial charge in [-0.15, -0.1) is 0 Å². The van der Waals surface area contributed by atoms with Crippen LogP contribution >= 0.6 is 15.9 Å². The molecule has 1 saturated heterocycles. The lowest BCUT2D eigenvalue weighted by molar-refractivity contribution is -0.117. The molecule has 1 amide bonds. The average molecular weight is 316 g/mol. The second kappa shape index (κ2) is 5.06. The molecule has 0 bridgehead atoms. The normalized spacial score (nSPS) is 19.2. The van der Waals surface area contributed by atoms with Crippen molar-refractivity contribution in [2.75, 3.05) is 18.6 Å². The first-order valence-corrected chi connectivity index (χ1v) is 6.27. The van der Waals surface area contributed by atoms with Gasteiger partial charge in [-0.1, -0.05) is 22.0 Å². The molecular weight excluding hydrogens is 305 g/mol. The molecule has 0 aliphatic carbocycles. The molecule has 96 valence electrons. The van der Waals surface area contributed by atoms with Gasteiger partial charge in [0.05, 0.1) is 18.4 Å². The van der Waals surface area contributed by atoms with E-state index < -0.39 is 11.8 Å². The molecule has 0 N–H and O–H groups in total. The zero-order valence-electron chi connectivity index (χ0n) is 9.65. The lowest BCUT2D eigenvalue weighted by atomic mass is 10.1. The van der Waals surface area contributed by atoms with Crippen molar-refractivity contribution in [2.45, 2.75) is 11.2 Å². The van der Waals surface area contributed by atoms with E-state index in [0.717, 1.165) is 0 Å². The second-order valence-corrected chi connectivity index (χ2v) is 5.23. The number of anilines is 1. The number of para-hydroxylation sites is 1. The third-order valence-corrected chi connectivity index (χ3v) is 3.35. The highest BCUT2D eigenvalue weighted by Crippen LogP contribution is 2.31. The summed E-state index contributed by atoms with van der Waals surface area (Å²) < 4.78 is 18.5. The van der Waals surface area contributed by atoms with E-state index in [1.165, 1.54) is 30.2 Å². The Labute approximate surface area is 112 Å². The zero-order chi connectivity index (χ0) is 13.3. The number of hydrogen-bond acceptors (Lipinski definition) is 3. The average Bonchev–Trinajstić information content (AvgIpc) is 2.67. The Kier molecular flexibility index (Phi) is 3.65. The number of carbonyl (C=O) groups is 2. The summed E-state index contributed by atoms with van der Waals surface area (Å²) in [5.74, 6) is -1.48. The summed E-state index contributed by atoms with van der Waals surface area (Å²) >= 11 is 3.32. The highest BCUT2D eigenvalue weighted by atomic mass is 79.9. The van der Waals surface area contributed by atoms with Gasteiger partial charge in [-0.05, 0) is 12.1 Å². The summed E-state index contributed by atoms with van der Waals surface area (Å²) in [6.45, 7) is 0.337. The van der Waals surface area contributed by atoms with Gasteiger partial charge >= 0.3 is 5.97 Å². The van der Waals surface area contributed by atoms with Gasteiger partial charge in [-0.25, -0.2) is 9.18 Å². The molecule has 2 rings (SSSR count). The Morgan fingerprint density at radius 1 is 1.56 bits per heavy atom. The number of amides is 1. The number of rotatable bonds is 2. The van der Waals surface area contributed by atoms with Gasteiger partial charge in [0.1, 0.15) is 5.82 Å². The third kappa shape index (κ3) is 2.25. The van der Waals surface area contributed by atoms with E-state index in [2.05, 4.69) is 20.7 Å². The van der Waals surface area contributed by atoms with Crippen LogP contribution in [-0.2, 0) is 9.53 Å². The molecule has 0 saturated carbocycles. The molecular formula is C12H11BrFNO3. The minimum Gasteiger partial charge on any atom is -0.465 e. The smallest absolute Gasteiger partial charge is 0.340 e. The van der Waals surface area contributed by atoms with E-state index in [1.807, 2.05) is 0 Å². The maximum Gasteiger partial charge on any atom is 0.340 e. The fraction of sp³-hybridized carbons (Fsp3) is 0.333. The van der Waals surface area contributed by atoms with Gasteiger partial charge in [-0.2, -0.15) is 0 Å². The van der Waals surface area contributed by atoms with Crippen LogP contribution in [0, 0.1) is 5.82 Å². The standard InChI is InChI=1S/C12H11BrFNO3/c1-18-12(17)8-3-2-4-9(14)11(8)15-6-7(13)5-10(15)16/h2-4,7H,5-6H2,1H3. The summed E-state index contributed by atoms with van der Waals surface area (Å²) in [5, 5.41) is 0. The van der Waals surface area contributed by atoms with Gasteiger partial charge in [0.15, 0.2) is 0 Å². The number of methoxy groups -OCH3 is 1. The number of nitrogens with zero attached hydrogens (tertiary/aromatic N) is 1. The lowest BCUT2D eigenvalue weighted by Crippen LogP contribution is -2.28. The third-order valence-electron chi connectivity index (χ3n) is 2.74. The van der Waals surface area contributed by atoms with Crippen molar-refractivity contribution in [1.82, 2.24) is 0 Å². The minimum atomic E-state index is -0.657. The van der Waals surface area contributed by atoms with E-state index in [0.29, 0.717) is 6.54 Å². The van der Waals surface area contributed by atoms with Crippen LogP contribution in [0.2, 0.25) is 0 Å². The number of alkyl halides is 1. The molecule has 0 radical (unpaired) electrons. The number of carbonyl (C=O) groups excluding carboxylic acids is 2. The molecule has 1 unspecified atom stereocenters. The summed E-state index contributed by atoms with van der Waals surface area (Å²) in [4.78, 5) is 24.6. The van der Waals surface area contributed by atoms with E-state index in [-0.39, 0.29) is 28.4 Å². The summed E-state index contributed by atoms with van der Waals surface area (Å²) in [7, 11) is 1.22. The predicted octanol–water partition coefficient (Wildman–Crippen LogP) is 2.11. The Balaban J connectivity index is 2.49. The molecule has 1 aliphatic rings. The van der Waals surface area contributed by atoms with Crippen molar-refractivity contribution in [3.05, 3.63) is 29.6 Å². The first-order chi connectivity index (χ1) is 8.54. The molecule has 0 aromatic heterocycles. The molecule has 1 fully saturated rings. The van der Waals surface area contributed by atoms with Gasteiger partial charge in [0.2, 0.25) is 5.91 Å². The van der Waals surface area contributed by atoms with E-state index in [4.69, 9.17) is 0 Å². The van der Waals surface area contributed by atoms with E-state index >= 15 is 0 Å². The van der Waals surface area contributed by atoms with Crippen LogP contribution in [0.15, 0.2) is 18.2 Å². The lowest BCUT2D eigenvalue weighted by Gasteiger charge is -2.19. The van der Waals surface area contributed by atoms with Gasteiger partial charge < -0.3 is 9.64 Å². The Morgan fingerprint density at radius 2 is 2.28 bits per heavy atom. The van der Waals surface area contributed by atoms with Crippen molar-refractivity contribution in [3.8, 4) is 0 Å². The van der Waals surface area contributed by atoms with Crippen LogP contribution in [0.3, 0.4) is 0 Å². The van der Waals surface area contributed by atoms with Gasteiger partial charge in [-0.3, -0.25) is 4.79 Å². The van der Waals surface area contributed by atoms with Crippen LogP contribution < -0.4 is 4.90 Å². The van der Waals surface area contributed by atoms with Crippen LogP contribution in [0.25, 0.3) is 0 Å². The van der Waals surface area contributed by atoms with Crippen molar-refractivity contribution in [1.29, 1.82) is 0 Å². The highest BCUT2D eigenvalue weighted by Gasteiger charge is 2.33. The largest absolute Gasteiger partial charge is 0.465 e. The Bertz CT molecular complexity index is 506. The molecule has 1 heterocycles. The van der Waals surface area contributed by atoms with Crippen molar-refractivity contribution >= 4 is 33.5 Å². The summed E-state index contributed by atoms with van der Waals surface area (Å²) in [6.07, 6.45) is 0.287. The number of hydrogen-bond donors (Lipinski definition) is 0. The second-order valence-electron chi connectivity index (χ2n) is 3.93. The van der Waals surface area contributed by atoms with Gasteiger partial charge in [0, 0.05) is 17.8 Å². The number of benzene rings is 1. The van der Waals surface area contributed by atoms with Crippen LogP contribution in [0.1, 0.15) is 16.8 Å². The Hall–Kier alpha value is -1.43. The maximum absolute atomic E-state index is 13.9. The first-order valence-electron chi connectivity index (χ1n) is 5.36. The van der Waals surface area contributed by atoms with Crippen molar-refractivity contribution in [2.24, 2.45) is 0 Å². The Morgan fingerprint density at radius 3 is 2.83 bits per heavy atom. The molecule has 6 heteroatoms. The summed E-state index contributed by atoms with van der Waals surface area (Å²) in [6, 6.07) is 4.08. The molecule has 1 aromatic rings. The number of ether oxygens (including phenoxy) is 1. The van der Waals surface area contributed by atoms with Crippen LogP contribution in [-0.4, -0.2) is 30.4 Å².